The smallest absolute Gasteiger partial charge is 0.408 e. The number of aromatic nitrogens is 1. The summed E-state index contributed by atoms with van der Waals surface area (Å²) in [7, 11) is -2.26. The van der Waals surface area contributed by atoms with Crippen LogP contribution in [-0.2, 0) is 35.6 Å². The number of fused-ring (bicyclic) bond motifs is 5. The molecule has 4 amide bonds. The fourth-order valence-electron chi connectivity index (χ4n) is 9.83. The minimum absolute atomic E-state index is 0.0119. The summed E-state index contributed by atoms with van der Waals surface area (Å²) in [4.78, 5) is 63.1. The molecule has 7 atom stereocenters. The number of methoxy groups -OCH3 is 1. The van der Waals surface area contributed by atoms with Gasteiger partial charge in [-0.3, -0.25) is 19.1 Å². The number of carbonyl (C=O) groups excluding carboxylic acids is 4. The lowest BCUT2D eigenvalue weighted by atomic mass is 9.96. The molecule has 0 radical (unpaired) electrons. The van der Waals surface area contributed by atoms with Crippen molar-refractivity contribution in [2.24, 2.45) is 17.8 Å². The summed E-state index contributed by atoms with van der Waals surface area (Å²) < 4.78 is 46.6. The Labute approximate surface area is 334 Å². The van der Waals surface area contributed by atoms with Gasteiger partial charge in [-0.15, -0.1) is 6.58 Å². The van der Waals surface area contributed by atoms with Crippen LogP contribution >= 0.6 is 0 Å². The highest BCUT2D eigenvalue weighted by atomic mass is 32.2. The number of rotatable bonds is 8. The van der Waals surface area contributed by atoms with Crippen LogP contribution in [0.4, 0.5) is 4.79 Å². The molecule has 1 saturated heterocycles. The standard InChI is InChI=1S/C42H55N5O9S/c1-3-27-23-42(27,40(50)46-57(52,53)29-20-21-29)45-37(48)33-22-28-24-47(33)39(49)35(26-13-7-8-14-26)44-41(51)56-34-19-11-15-25(34)12-5-4-6-17-31-36(54-2)30-16-9-10-18-32(30)43-38(31)55-28/h3,9-10,16,18,25-29,33-35H,1,4-8,11-15,17,19-24H2,2H3,(H,44,51)(H,45,48)(H,46,50). The van der Waals surface area contributed by atoms with Crippen molar-refractivity contribution in [1.82, 2.24) is 25.2 Å². The molecule has 4 saturated carbocycles. The van der Waals surface area contributed by atoms with Crippen LogP contribution in [-0.4, -0.2) is 90.9 Å². The van der Waals surface area contributed by atoms with Crippen molar-refractivity contribution in [3.63, 3.8) is 0 Å². The molecule has 1 aromatic carbocycles. The van der Waals surface area contributed by atoms with E-state index in [-0.39, 0.29) is 37.3 Å². The van der Waals surface area contributed by atoms with Crippen LogP contribution in [0.3, 0.4) is 0 Å². The molecule has 7 unspecified atom stereocenters. The van der Waals surface area contributed by atoms with Crippen molar-refractivity contribution in [1.29, 1.82) is 0 Å². The highest BCUT2D eigenvalue weighted by Crippen LogP contribution is 2.46. The average Bonchev–Trinajstić information content (AvgIpc) is 3.98. The number of hydrogen-bond donors (Lipinski definition) is 3. The van der Waals surface area contributed by atoms with Crippen LogP contribution in [0.2, 0.25) is 0 Å². The Hall–Kier alpha value is -4.40. The maximum absolute atomic E-state index is 14.9. The molecular formula is C42H55N5O9S. The zero-order chi connectivity index (χ0) is 39.9. The maximum atomic E-state index is 14.9. The first kappa shape index (κ1) is 39.4. The predicted octanol–water partition coefficient (Wildman–Crippen LogP) is 4.83. The van der Waals surface area contributed by atoms with E-state index < -0.39 is 68.7 Å². The van der Waals surface area contributed by atoms with Crippen molar-refractivity contribution >= 4 is 44.7 Å². The van der Waals surface area contributed by atoms with E-state index in [9.17, 15) is 27.6 Å². The first-order valence-electron chi connectivity index (χ1n) is 20.9. The van der Waals surface area contributed by atoms with Crippen molar-refractivity contribution in [3.8, 4) is 11.6 Å². The van der Waals surface area contributed by atoms with Crippen LogP contribution in [0.25, 0.3) is 10.9 Å². The molecule has 5 fully saturated rings. The topological polar surface area (TPSA) is 182 Å². The Morgan fingerprint density at radius 1 is 0.982 bits per heavy atom. The average molecular weight is 806 g/mol. The van der Waals surface area contributed by atoms with Gasteiger partial charge in [0.05, 0.1) is 30.0 Å². The molecule has 2 aromatic rings. The molecule has 3 N–H and O–H groups in total. The van der Waals surface area contributed by atoms with Crippen LogP contribution in [0.5, 0.6) is 11.6 Å². The minimum atomic E-state index is -3.90. The normalized spacial score (nSPS) is 31.1. The number of sulfonamides is 1. The van der Waals surface area contributed by atoms with E-state index >= 15 is 0 Å². The van der Waals surface area contributed by atoms with E-state index in [1.807, 2.05) is 24.3 Å². The number of pyridine rings is 1. The fourth-order valence-corrected chi connectivity index (χ4v) is 11.2. The van der Waals surface area contributed by atoms with E-state index in [0.717, 1.165) is 81.6 Å². The third kappa shape index (κ3) is 8.05. The quantitative estimate of drug-likeness (QED) is 0.313. The fraction of sp³-hybridized carbons (Fsp3) is 0.643. The number of benzene rings is 1. The van der Waals surface area contributed by atoms with Crippen LogP contribution in [0, 0.1) is 17.8 Å². The summed E-state index contributed by atoms with van der Waals surface area (Å²) in [6.07, 6.45) is 11.5. The van der Waals surface area contributed by atoms with Crippen molar-refractivity contribution < 1.29 is 41.8 Å². The van der Waals surface area contributed by atoms with E-state index in [1.165, 1.54) is 11.0 Å². The highest BCUT2D eigenvalue weighted by Gasteiger charge is 2.62. The second-order valence-corrected chi connectivity index (χ2v) is 19.0. The summed E-state index contributed by atoms with van der Waals surface area (Å²) in [5, 5.41) is 6.06. The summed E-state index contributed by atoms with van der Waals surface area (Å²) in [6, 6.07) is 5.65. The summed E-state index contributed by atoms with van der Waals surface area (Å²) in [6.45, 7) is 3.83. The molecule has 57 heavy (non-hydrogen) atoms. The number of alkyl carbamates (subject to hydrolysis) is 1. The van der Waals surface area contributed by atoms with E-state index in [4.69, 9.17) is 19.2 Å². The lowest BCUT2D eigenvalue weighted by molar-refractivity contribution is -0.142. The Kier molecular flexibility index (Phi) is 11.1. The molecule has 8 rings (SSSR count). The highest BCUT2D eigenvalue weighted by molar-refractivity contribution is 7.91. The molecule has 14 nitrogen and oxygen atoms in total. The molecule has 308 valence electrons. The van der Waals surface area contributed by atoms with Gasteiger partial charge in [0.25, 0.3) is 5.91 Å². The number of hydrogen-bond acceptors (Lipinski definition) is 10. The second kappa shape index (κ2) is 16.1. The molecule has 1 aromatic heterocycles. The summed E-state index contributed by atoms with van der Waals surface area (Å²) in [5.74, 6) is -1.22. The molecule has 2 bridgehead atoms. The zero-order valence-electron chi connectivity index (χ0n) is 32.7. The lowest BCUT2D eigenvalue weighted by Crippen LogP contribution is -2.59. The van der Waals surface area contributed by atoms with Crippen molar-refractivity contribution in [2.45, 2.75) is 138 Å². The van der Waals surface area contributed by atoms with Gasteiger partial charge in [0.1, 0.15) is 35.6 Å². The lowest BCUT2D eigenvalue weighted by Gasteiger charge is -2.32. The van der Waals surface area contributed by atoms with Gasteiger partial charge in [0, 0.05) is 17.7 Å². The van der Waals surface area contributed by atoms with Gasteiger partial charge in [-0.1, -0.05) is 43.9 Å². The first-order chi connectivity index (χ1) is 27.5. The summed E-state index contributed by atoms with van der Waals surface area (Å²) >= 11 is 0. The molecule has 3 heterocycles. The van der Waals surface area contributed by atoms with Crippen LogP contribution in [0.15, 0.2) is 36.9 Å². The monoisotopic (exact) mass is 805 g/mol. The van der Waals surface area contributed by atoms with Gasteiger partial charge in [-0.25, -0.2) is 18.2 Å². The van der Waals surface area contributed by atoms with Gasteiger partial charge < -0.3 is 29.7 Å². The number of ether oxygens (including phenoxy) is 3. The number of para-hydroxylation sites is 1. The Bertz CT molecular complexity index is 2020. The Balaban J connectivity index is 1.14. The Morgan fingerprint density at radius 3 is 2.46 bits per heavy atom. The molecule has 15 heteroatoms. The third-order valence-electron chi connectivity index (χ3n) is 13.2. The van der Waals surface area contributed by atoms with Gasteiger partial charge >= 0.3 is 6.09 Å². The third-order valence-corrected chi connectivity index (χ3v) is 15.1. The molecule has 0 spiro atoms. The predicted molar refractivity (Wildman–Crippen MR) is 211 cm³/mol. The van der Waals surface area contributed by atoms with Crippen molar-refractivity contribution in [2.75, 3.05) is 13.7 Å². The van der Waals surface area contributed by atoms with Gasteiger partial charge in [0.2, 0.25) is 27.7 Å². The Morgan fingerprint density at radius 2 is 1.72 bits per heavy atom. The van der Waals surface area contributed by atoms with E-state index in [2.05, 4.69) is 21.9 Å². The number of carbonyl (C=O) groups is 4. The number of nitrogens with one attached hydrogen (secondary N) is 3. The number of amides is 4. The maximum Gasteiger partial charge on any atom is 0.408 e. The molecule has 6 aliphatic rings. The zero-order valence-corrected chi connectivity index (χ0v) is 33.5. The van der Waals surface area contributed by atoms with Gasteiger partial charge in [-0.05, 0) is 94.6 Å². The van der Waals surface area contributed by atoms with Crippen LogP contribution < -0.4 is 24.8 Å². The minimum Gasteiger partial charge on any atom is -0.496 e. The first-order valence-corrected chi connectivity index (χ1v) is 22.5. The van der Waals surface area contributed by atoms with Gasteiger partial charge in [0.15, 0.2) is 0 Å². The van der Waals surface area contributed by atoms with Gasteiger partial charge in [-0.2, -0.15) is 0 Å². The van der Waals surface area contributed by atoms with E-state index in [0.29, 0.717) is 36.4 Å². The molecule has 4 aliphatic carbocycles. The molecule has 2 aliphatic heterocycles. The summed E-state index contributed by atoms with van der Waals surface area (Å²) in [5.41, 5.74) is -0.0306. The number of nitrogens with zero attached hydrogens (tertiary/aromatic N) is 2. The second-order valence-electron chi connectivity index (χ2n) is 17.0. The SMILES string of the molecule is C=CC1CC1(NC(=O)C1CC2CN1C(=O)C(C1CCCC1)NC(=O)OC1CCCC1CCCCCc1c(nc3ccccc3c1OC)O2)C(=O)NS(=O)(=O)C1CC1. The van der Waals surface area contributed by atoms with Crippen molar-refractivity contribution in [3.05, 3.63) is 42.5 Å². The largest absolute Gasteiger partial charge is 0.496 e. The van der Waals surface area contributed by atoms with E-state index in [1.54, 1.807) is 7.11 Å². The van der Waals surface area contributed by atoms with Crippen LogP contribution in [0.1, 0.15) is 102 Å². The molecular weight excluding hydrogens is 751 g/mol.